The molecule has 2 atom stereocenters. The summed E-state index contributed by atoms with van der Waals surface area (Å²) in [4.78, 5) is 13.5. The van der Waals surface area contributed by atoms with Crippen LogP contribution in [0.4, 0.5) is 24.7 Å². The van der Waals surface area contributed by atoms with Gasteiger partial charge in [0.25, 0.3) is 5.91 Å². The molecule has 30 heavy (non-hydrogen) atoms. The quantitative estimate of drug-likeness (QED) is 0.500. The fraction of sp³-hybridized carbons (Fsp3) is 0.300. The van der Waals surface area contributed by atoms with Crippen LogP contribution in [0.15, 0.2) is 35.7 Å². The number of thiophene rings is 1. The van der Waals surface area contributed by atoms with E-state index < -0.39 is 24.2 Å². The van der Waals surface area contributed by atoms with Gasteiger partial charge in [-0.05, 0) is 48.6 Å². The molecule has 1 aromatic carbocycles. The van der Waals surface area contributed by atoms with Gasteiger partial charge < -0.3 is 10.6 Å². The Morgan fingerprint density at radius 3 is 2.70 bits per heavy atom. The van der Waals surface area contributed by atoms with Crippen molar-refractivity contribution in [2.24, 2.45) is 0 Å². The molecular formula is C20H18ClF3N4OS. The molecule has 3 aromatic rings. The zero-order valence-corrected chi connectivity index (χ0v) is 17.6. The van der Waals surface area contributed by atoms with Crippen LogP contribution in [0, 0.1) is 13.8 Å². The minimum absolute atomic E-state index is 0.00567. The Morgan fingerprint density at radius 1 is 1.30 bits per heavy atom. The van der Waals surface area contributed by atoms with Crippen molar-refractivity contribution >= 4 is 40.4 Å². The first-order chi connectivity index (χ1) is 14.1. The predicted molar refractivity (Wildman–Crippen MR) is 111 cm³/mol. The molecular weight excluding hydrogens is 437 g/mol. The molecule has 0 unspecified atom stereocenters. The van der Waals surface area contributed by atoms with Crippen molar-refractivity contribution in [2.45, 2.75) is 38.5 Å². The number of carbonyl (C=O) groups is 1. The van der Waals surface area contributed by atoms with Gasteiger partial charge >= 0.3 is 6.18 Å². The van der Waals surface area contributed by atoms with Crippen molar-refractivity contribution in [2.75, 3.05) is 10.6 Å². The zero-order chi connectivity index (χ0) is 21.6. The first-order valence-electron chi connectivity index (χ1n) is 9.18. The summed E-state index contributed by atoms with van der Waals surface area (Å²) in [6.07, 6.45) is -4.78. The second-order valence-corrected chi connectivity index (χ2v) is 8.57. The third kappa shape index (κ3) is 3.79. The van der Waals surface area contributed by atoms with E-state index in [1.54, 1.807) is 29.6 Å². The summed E-state index contributed by atoms with van der Waals surface area (Å²) in [7, 11) is 0. The molecule has 0 radical (unpaired) electrons. The maximum atomic E-state index is 13.8. The highest BCUT2D eigenvalue weighted by atomic mass is 35.5. The van der Waals surface area contributed by atoms with Crippen LogP contribution >= 0.6 is 22.9 Å². The topological polar surface area (TPSA) is 59.0 Å². The van der Waals surface area contributed by atoms with Crippen LogP contribution in [0.3, 0.4) is 0 Å². The maximum absolute atomic E-state index is 13.8. The lowest BCUT2D eigenvalue weighted by Crippen LogP contribution is -2.35. The van der Waals surface area contributed by atoms with E-state index >= 15 is 0 Å². The van der Waals surface area contributed by atoms with Gasteiger partial charge in [0, 0.05) is 17.0 Å². The van der Waals surface area contributed by atoms with E-state index in [9.17, 15) is 18.0 Å². The van der Waals surface area contributed by atoms with E-state index in [0.717, 1.165) is 20.7 Å². The number of anilines is 2. The SMILES string of the molecule is Cc1ccc(NC(=O)c2nn3c(c2Cl)N[C@H](c2cccs2)C[C@H]3C(F)(F)F)cc1C. The maximum Gasteiger partial charge on any atom is 0.410 e. The highest BCUT2D eigenvalue weighted by molar-refractivity contribution is 7.10. The van der Waals surface area contributed by atoms with Gasteiger partial charge in [0.1, 0.15) is 10.8 Å². The van der Waals surface area contributed by atoms with Gasteiger partial charge in [0.2, 0.25) is 0 Å². The average molecular weight is 455 g/mol. The third-order valence-electron chi connectivity index (χ3n) is 5.16. The van der Waals surface area contributed by atoms with Gasteiger partial charge in [0.15, 0.2) is 11.7 Å². The molecule has 0 aliphatic carbocycles. The molecule has 0 saturated carbocycles. The van der Waals surface area contributed by atoms with E-state index in [4.69, 9.17) is 11.6 Å². The number of halogens is 4. The number of benzene rings is 1. The zero-order valence-electron chi connectivity index (χ0n) is 16.0. The van der Waals surface area contributed by atoms with Crippen molar-refractivity contribution < 1.29 is 18.0 Å². The Bertz CT molecular complexity index is 1090. The number of fused-ring (bicyclic) bond motifs is 1. The third-order valence-corrected chi connectivity index (χ3v) is 6.51. The van der Waals surface area contributed by atoms with Crippen molar-refractivity contribution in [3.63, 3.8) is 0 Å². The molecule has 2 aromatic heterocycles. The standard InChI is InChI=1S/C20H18ClF3N4OS/c1-10-5-6-12(8-11(10)2)25-19(29)17-16(21)18-26-13(14-4-3-7-30-14)9-15(20(22,23)24)28(18)27-17/h3-8,13,15,26H,9H2,1-2H3,(H,25,29)/t13-,15-/m0/s1. The number of aryl methyl sites for hydroxylation is 2. The molecule has 1 amide bonds. The normalized spacial score (nSPS) is 18.6. The van der Waals surface area contributed by atoms with Crippen LogP contribution in [0.1, 0.15) is 45.0 Å². The number of rotatable bonds is 3. The number of hydrogen-bond acceptors (Lipinski definition) is 4. The van der Waals surface area contributed by atoms with Crippen LogP contribution in [-0.4, -0.2) is 21.9 Å². The first-order valence-corrected chi connectivity index (χ1v) is 10.4. The largest absolute Gasteiger partial charge is 0.410 e. The lowest BCUT2D eigenvalue weighted by Gasteiger charge is -2.32. The van der Waals surface area contributed by atoms with E-state index in [2.05, 4.69) is 15.7 Å². The van der Waals surface area contributed by atoms with Gasteiger partial charge in [-0.1, -0.05) is 23.7 Å². The highest BCUT2D eigenvalue weighted by Crippen LogP contribution is 2.46. The van der Waals surface area contributed by atoms with Crippen molar-refractivity contribution in [1.82, 2.24) is 9.78 Å². The number of nitrogens with one attached hydrogen (secondary N) is 2. The van der Waals surface area contributed by atoms with Gasteiger partial charge in [-0.3, -0.25) is 4.79 Å². The van der Waals surface area contributed by atoms with Crippen LogP contribution in [0.2, 0.25) is 5.02 Å². The summed E-state index contributed by atoms with van der Waals surface area (Å²) >= 11 is 7.69. The Labute approximate surface area is 179 Å². The molecule has 158 valence electrons. The second-order valence-electron chi connectivity index (χ2n) is 7.21. The van der Waals surface area contributed by atoms with Gasteiger partial charge in [-0.25, -0.2) is 4.68 Å². The van der Waals surface area contributed by atoms with Gasteiger partial charge in [-0.2, -0.15) is 18.3 Å². The molecule has 2 N–H and O–H groups in total. The van der Waals surface area contributed by atoms with Crippen molar-refractivity contribution in [3.05, 3.63) is 62.4 Å². The molecule has 1 aliphatic rings. The van der Waals surface area contributed by atoms with Gasteiger partial charge in [0.05, 0.1) is 6.04 Å². The first kappa shape index (κ1) is 20.7. The van der Waals surface area contributed by atoms with E-state index in [1.807, 2.05) is 19.9 Å². The lowest BCUT2D eigenvalue weighted by molar-refractivity contribution is -0.173. The van der Waals surface area contributed by atoms with E-state index in [0.29, 0.717) is 5.69 Å². The van der Waals surface area contributed by atoms with Crippen molar-refractivity contribution in [3.8, 4) is 0 Å². The molecule has 1 aliphatic heterocycles. The number of nitrogens with zero attached hydrogens (tertiary/aromatic N) is 2. The number of amides is 1. The van der Waals surface area contributed by atoms with Crippen LogP contribution in [0.25, 0.3) is 0 Å². The van der Waals surface area contributed by atoms with E-state index in [-0.39, 0.29) is 23.0 Å². The summed E-state index contributed by atoms with van der Waals surface area (Å²) in [5.74, 6) is -0.672. The molecule has 5 nitrogen and oxygen atoms in total. The summed E-state index contributed by atoms with van der Waals surface area (Å²) in [6.45, 7) is 3.84. The molecule has 0 fully saturated rings. The molecule has 0 saturated heterocycles. The van der Waals surface area contributed by atoms with Crippen LogP contribution < -0.4 is 10.6 Å². The fourth-order valence-corrected chi connectivity index (χ4v) is 4.48. The molecule has 0 bridgehead atoms. The molecule has 10 heteroatoms. The lowest BCUT2D eigenvalue weighted by atomic mass is 10.0. The summed E-state index contributed by atoms with van der Waals surface area (Å²) in [6, 6.07) is 6.42. The Balaban J connectivity index is 1.69. The Morgan fingerprint density at radius 2 is 2.07 bits per heavy atom. The minimum atomic E-state index is -4.54. The summed E-state index contributed by atoms with van der Waals surface area (Å²) < 4.78 is 42.1. The molecule has 4 rings (SSSR count). The van der Waals surface area contributed by atoms with Crippen molar-refractivity contribution in [1.29, 1.82) is 0 Å². The second kappa shape index (κ2) is 7.63. The molecule has 0 spiro atoms. The van der Waals surface area contributed by atoms with Gasteiger partial charge in [-0.15, -0.1) is 11.3 Å². The summed E-state index contributed by atoms with van der Waals surface area (Å²) in [5.41, 5.74) is 2.29. The predicted octanol–water partition coefficient (Wildman–Crippen LogP) is 6.13. The number of carbonyl (C=O) groups excluding carboxylic acids is 1. The monoisotopic (exact) mass is 454 g/mol. The number of alkyl halides is 3. The number of aromatic nitrogens is 2. The fourth-order valence-electron chi connectivity index (χ4n) is 3.42. The average Bonchev–Trinajstić information content (AvgIpc) is 3.32. The van der Waals surface area contributed by atoms with Crippen LogP contribution in [-0.2, 0) is 0 Å². The minimum Gasteiger partial charge on any atom is -0.361 e. The highest BCUT2D eigenvalue weighted by Gasteiger charge is 2.48. The number of hydrogen-bond donors (Lipinski definition) is 2. The molecule has 3 heterocycles. The van der Waals surface area contributed by atoms with Crippen LogP contribution in [0.5, 0.6) is 0 Å². The van der Waals surface area contributed by atoms with E-state index in [1.165, 1.54) is 11.3 Å². The smallest absolute Gasteiger partial charge is 0.361 e. The Hall–Kier alpha value is -2.52. The summed E-state index contributed by atoms with van der Waals surface area (Å²) in [5, 5.41) is 11.3. The Kier molecular flexibility index (Phi) is 5.27.